The van der Waals surface area contributed by atoms with Crippen molar-refractivity contribution in [3.8, 4) is 5.75 Å². The molecule has 0 bridgehead atoms. The minimum atomic E-state index is 0.273. The van der Waals surface area contributed by atoms with E-state index in [1.807, 2.05) is 24.9 Å². The maximum absolute atomic E-state index is 6.12. The third-order valence-electron chi connectivity index (χ3n) is 3.52. The SMILES string of the molecule is CCC(C)C(NC)C1CSc2ccccc2O1. The summed E-state index contributed by atoms with van der Waals surface area (Å²) in [7, 11) is 2.03. The van der Waals surface area contributed by atoms with Crippen molar-refractivity contribution in [1.82, 2.24) is 5.32 Å². The average Bonchev–Trinajstić information content (AvgIpc) is 2.39. The zero-order valence-corrected chi connectivity index (χ0v) is 11.6. The van der Waals surface area contributed by atoms with Crippen molar-refractivity contribution in [2.24, 2.45) is 5.92 Å². The van der Waals surface area contributed by atoms with Crippen molar-refractivity contribution in [3.63, 3.8) is 0 Å². The van der Waals surface area contributed by atoms with E-state index in [-0.39, 0.29) is 6.10 Å². The molecule has 0 fully saturated rings. The third-order valence-corrected chi connectivity index (χ3v) is 4.66. The van der Waals surface area contributed by atoms with Gasteiger partial charge < -0.3 is 10.1 Å². The van der Waals surface area contributed by atoms with Gasteiger partial charge in [0.1, 0.15) is 11.9 Å². The number of likely N-dealkylation sites (N-methyl/N-ethyl adjacent to an activating group) is 1. The summed E-state index contributed by atoms with van der Waals surface area (Å²) in [6.07, 6.45) is 1.45. The highest BCUT2D eigenvalue weighted by molar-refractivity contribution is 7.99. The van der Waals surface area contributed by atoms with E-state index in [1.165, 1.54) is 11.3 Å². The Kier molecular flexibility index (Phi) is 4.35. The summed E-state index contributed by atoms with van der Waals surface area (Å²) in [5, 5.41) is 3.41. The quantitative estimate of drug-likeness (QED) is 0.888. The van der Waals surface area contributed by atoms with E-state index in [4.69, 9.17) is 4.74 Å². The van der Waals surface area contributed by atoms with Crippen molar-refractivity contribution in [1.29, 1.82) is 0 Å². The fraction of sp³-hybridized carbons (Fsp3) is 0.571. The molecule has 94 valence electrons. The van der Waals surface area contributed by atoms with Gasteiger partial charge in [-0.3, -0.25) is 0 Å². The molecule has 1 aliphatic rings. The molecule has 0 spiro atoms. The minimum absolute atomic E-state index is 0.273. The smallest absolute Gasteiger partial charge is 0.133 e. The molecule has 0 aromatic heterocycles. The summed E-state index contributed by atoms with van der Waals surface area (Å²) in [6, 6.07) is 8.74. The largest absolute Gasteiger partial charge is 0.487 e. The molecule has 1 aliphatic heterocycles. The molecule has 1 heterocycles. The molecule has 0 saturated carbocycles. The predicted octanol–water partition coefficient (Wildman–Crippen LogP) is 3.17. The monoisotopic (exact) mass is 251 g/mol. The normalized spacial score (nSPS) is 22.4. The lowest BCUT2D eigenvalue weighted by molar-refractivity contribution is 0.139. The second kappa shape index (κ2) is 5.78. The van der Waals surface area contributed by atoms with Crippen LogP contribution < -0.4 is 10.1 Å². The van der Waals surface area contributed by atoms with Crippen molar-refractivity contribution in [2.45, 2.75) is 37.3 Å². The van der Waals surface area contributed by atoms with Crippen LogP contribution >= 0.6 is 11.8 Å². The van der Waals surface area contributed by atoms with Crippen molar-refractivity contribution in [3.05, 3.63) is 24.3 Å². The number of thioether (sulfide) groups is 1. The number of ether oxygens (including phenoxy) is 1. The van der Waals surface area contributed by atoms with Gasteiger partial charge in [0.15, 0.2) is 0 Å². The van der Waals surface area contributed by atoms with Gasteiger partial charge in [-0.15, -0.1) is 11.8 Å². The van der Waals surface area contributed by atoms with E-state index in [9.17, 15) is 0 Å². The number of rotatable bonds is 4. The van der Waals surface area contributed by atoms with Crippen LogP contribution in [0.4, 0.5) is 0 Å². The third kappa shape index (κ3) is 2.78. The summed E-state index contributed by atoms with van der Waals surface area (Å²) >= 11 is 1.90. The Morgan fingerprint density at radius 3 is 2.94 bits per heavy atom. The van der Waals surface area contributed by atoms with Crippen LogP contribution in [0.25, 0.3) is 0 Å². The molecule has 17 heavy (non-hydrogen) atoms. The summed E-state index contributed by atoms with van der Waals surface area (Å²) in [6.45, 7) is 4.52. The molecular formula is C14H21NOS. The first kappa shape index (κ1) is 12.8. The molecule has 1 aromatic rings. The Bertz CT molecular complexity index is 369. The minimum Gasteiger partial charge on any atom is -0.487 e. The lowest BCUT2D eigenvalue weighted by Crippen LogP contribution is -2.47. The molecule has 0 amide bonds. The van der Waals surface area contributed by atoms with Crippen LogP contribution in [0.3, 0.4) is 0 Å². The summed E-state index contributed by atoms with van der Waals surface area (Å²) in [5.41, 5.74) is 0. The summed E-state index contributed by atoms with van der Waals surface area (Å²) < 4.78 is 6.12. The lowest BCUT2D eigenvalue weighted by Gasteiger charge is -2.34. The fourth-order valence-corrected chi connectivity index (χ4v) is 3.36. The van der Waals surface area contributed by atoms with Gasteiger partial charge in [0, 0.05) is 16.7 Å². The Labute approximate surface area is 108 Å². The number of para-hydroxylation sites is 1. The summed E-state index contributed by atoms with van der Waals surface area (Å²) in [4.78, 5) is 1.27. The van der Waals surface area contributed by atoms with Crippen LogP contribution in [-0.4, -0.2) is 24.9 Å². The van der Waals surface area contributed by atoms with Crippen LogP contribution in [0, 0.1) is 5.92 Å². The van der Waals surface area contributed by atoms with E-state index in [0.717, 1.165) is 11.5 Å². The fourth-order valence-electron chi connectivity index (χ4n) is 2.30. The van der Waals surface area contributed by atoms with Crippen molar-refractivity contribution < 1.29 is 4.74 Å². The number of fused-ring (bicyclic) bond motifs is 1. The first-order valence-corrected chi connectivity index (χ1v) is 7.30. The van der Waals surface area contributed by atoms with E-state index in [2.05, 4.69) is 37.4 Å². The van der Waals surface area contributed by atoms with Gasteiger partial charge in [-0.25, -0.2) is 0 Å². The van der Waals surface area contributed by atoms with Gasteiger partial charge >= 0.3 is 0 Å². The van der Waals surface area contributed by atoms with Gasteiger partial charge in [-0.1, -0.05) is 32.4 Å². The van der Waals surface area contributed by atoms with Gasteiger partial charge in [0.05, 0.1) is 0 Å². The highest BCUT2D eigenvalue weighted by Crippen LogP contribution is 2.36. The maximum atomic E-state index is 6.12. The second-order valence-electron chi connectivity index (χ2n) is 4.61. The number of nitrogens with one attached hydrogen (secondary N) is 1. The molecule has 0 aliphatic carbocycles. The van der Waals surface area contributed by atoms with Gasteiger partial charge in [-0.2, -0.15) is 0 Å². The average molecular weight is 251 g/mol. The highest BCUT2D eigenvalue weighted by atomic mass is 32.2. The van der Waals surface area contributed by atoms with Gasteiger partial charge in [-0.05, 0) is 25.1 Å². The second-order valence-corrected chi connectivity index (χ2v) is 5.68. The molecule has 3 heteroatoms. The van der Waals surface area contributed by atoms with E-state index in [0.29, 0.717) is 12.0 Å². The molecule has 3 atom stereocenters. The Morgan fingerprint density at radius 1 is 1.47 bits per heavy atom. The van der Waals surface area contributed by atoms with Crippen LogP contribution in [0.15, 0.2) is 29.2 Å². The summed E-state index contributed by atoms with van der Waals surface area (Å²) in [5.74, 6) is 2.71. The molecule has 2 nitrogen and oxygen atoms in total. The zero-order chi connectivity index (χ0) is 12.3. The van der Waals surface area contributed by atoms with Crippen molar-refractivity contribution in [2.75, 3.05) is 12.8 Å². The van der Waals surface area contributed by atoms with Crippen LogP contribution in [-0.2, 0) is 0 Å². The highest BCUT2D eigenvalue weighted by Gasteiger charge is 2.29. The molecule has 0 radical (unpaired) electrons. The topological polar surface area (TPSA) is 21.3 Å². The zero-order valence-electron chi connectivity index (χ0n) is 10.8. The number of benzene rings is 1. The number of hydrogen-bond donors (Lipinski definition) is 1. The van der Waals surface area contributed by atoms with Crippen LogP contribution in [0.2, 0.25) is 0 Å². The Morgan fingerprint density at radius 2 is 2.24 bits per heavy atom. The van der Waals surface area contributed by atoms with E-state index >= 15 is 0 Å². The molecule has 1 N–H and O–H groups in total. The Hall–Kier alpha value is -0.670. The molecule has 2 rings (SSSR count). The molecular weight excluding hydrogens is 230 g/mol. The van der Waals surface area contributed by atoms with E-state index < -0.39 is 0 Å². The molecule has 0 saturated heterocycles. The Balaban J connectivity index is 2.10. The van der Waals surface area contributed by atoms with Crippen molar-refractivity contribution >= 4 is 11.8 Å². The molecule has 3 unspecified atom stereocenters. The number of hydrogen-bond acceptors (Lipinski definition) is 3. The predicted molar refractivity (Wildman–Crippen MR) is 73.9 cm³/mol. The van der Waals surface area contributed by atoms with Crippen LogP contribution in [0.1, 0.15) is 20.3 Å². The van der Waals surface area contributed by atoms with E-state index in [1.54, 1.807) is 0 Å². The van der Waals surface area contributed by atoms with Gasteiger partial charge in [0.2, 0.25) is 0 Å². The maximum Gasteiger partial charge on any atom is 0.133 e. The first-order chi connectivity index (χ1) is 8.26. The van der Waals surface area contributed by atoms with Crippen LogP contribution in [0.5, 0.6) is 5.75 Å². The molecule has 1 aromatic carbocycles. The van der Waals surface area contributed by atoms with Gasteiger partial charge in [0.25, 0.3) is 0 Å². The lowest BCUT2D eigenvalue weighted by atomic mass is 9.95. The first-order valence-electron chi connectivity index (χ1n) is 6.32. The standard InChI is InChI=1S/C14H21NOS/c1-4-10(2)14(15-3)12-9-17-13-8-6-5-7-11(13)16-12/h5-8,10,12,14-15H,4,9H2,1-3H3.